The summed E-state index contributed by atoms with van der Waals surface area (Å²) >= 11 is 0. The van der Waals surface area contributed by atoms with E-state index in [1.165, 1.54) is 16.8 Å². The minimum absolute atomic E-state index is 1.03. The summed E-state index contributed by atoms with van der Waals surface area (Å²) in [5.41, 5.74) is 4.96. The predicted molar refractivity (Wildman–Crippen MR) is 120 cm³/mol. The van der Waals surface area contributed by atoms with Gasteiger partial charge in [-0.25, -0.2) is 4.98 Å². The molecule has 4 aromatic rings. The summed E-state index contributed by atoms with van der Waals surface area (Å²) in [6.45, 7) is 8.02. The monoisotopic (exact) mass is 370 g/mol. The zero-order chi connectivity index (χ0) is 20.2. The molecule has 0 saturated carbocycles. The highest BCUT2D eigenvalue weighted by Gasteiger charge is 2.01. The van der Waals surface area contributed by atoms with Gasteiger partial charge in [-0.2, -0.15) is 0 Å². The van der Waals surface area contributed by atoms with Gasteiger partial charge in [0, 0.05) is 11.9 Å². The molecule has 2 nitrogen and oxygen atoms in total. The van der Waals surface area contributed by atoms with E-state index in [4.69, 9.17) is 0 Å². The number of para-hydroxylation sites is 1. The van der Waals surface area contributed by atoms with Crippen LogP contribution in [0.15, 0.2) is 97.2 Å². The van der Waals surface area contributed by atoms with Crippen molar-refractivity contribution in [3.05, 3.63) is 120 Å². The number of imidazole rings is 1. The minimum Gasteiger partial charge on any atom is -0.304 e. The van der Waals surface area contributed by atoms with Gasteiger partial charge in [0.25, 0.3) is 0 Å². The Morgan fingerprint density at radius 2 is 1.07 bits per heavy atom. The van der Waals surface area contributed by atoms with Crippen molar-refractivity contribution < 1.29 is 0 Å². The van der Waals surface area contributed by atoms with Gasteiger partial charge in [0.2, 0.25) is 0 Å². The predicted octanol–water partition coefficient (Wildman–Crippen LogP) is 6.79. The molecule has 0 fully saturated rings. The van der Waals surface area contributed by atoms with E-state index in [0.717, 1.165) is 17.9 Å². The van der Waals surface area contributed by atoms with Crippen LogP contribution in [-0.4, -0.2) is 9.55 Å². The number of aryl methyl sites for hydroxylation is 2. The van der Waals surface area contributed by atoms with Crippen molar-refractivity contribution in [1.29, 1.82) is 0 Å². The van der Waals surface area contributed by atoms with Crippen LogP contribution in [0, 0.1) is 13.8 Å². The van der Waals surface area contributed by atoms with Gasteiger partial charge in [-0.1, -0.05) is 92.7 Å². The second-order valence-electron chi connectivity index (χ2n) is 6.28. The van der Waals surface area contributed by atoms with E-state index in [1.807, 2.05) is 52.1 Å². The molecule has 1 aromatic heterocycles. The third-order valence-electron chi connectivity index (χ3n) is 4.13. The summed E-state index contributed by atoms with van der Waals surface area (Å²) in [6.07, 6.45) is 3.08. The molecule has 0 aliphatic heterocycles. The summed E-state index contributed by atoms with van der Waals surface area (Å²) < 4.78 is 2.09. The lowest BCUT2D eigenvalue weighted by Crippen LogP contribution is -1.93. The number of rotatable bonds is 3. The fraction of sp³-hybridized carbons (Fsp3) is 0.192. The zero-order valence-electron chi connectivity index (χ0n) is 17.3. The molecule has 0 N–H and O–H groups in total. The molecule has 4 rings (SSSR count). The topological polar surface area (TPSA) is 17.8 Å². The Labute approximate surface area is 169 Å². The standard InChI is InChI=1S/C13H12.C11H12N2.C2H6/c1-3-7-12(8-4-1)11-13-9-5-2-6-10-13;1-9-8-13(10(2)12-9)11-6-4-3-5-7-11;1-2/h1-10H,11H2;3-8H,1-2H3;1-2H3. The van der Waals surface area contributed by atoms with Crippen molar-refractivity contribution >= 4 is 0 Å². The summed E-state index contributed by atoms with van der Waals surface area (Å²) in [7, 11) is 0. The first-order valence-corrected chi connectivity index (χ1v) is 9.88. The largest absolute Gasteiger partial charge is 0.304 e. The van der Waals surface area contributed by atoms with E-state index >= 15 is 0 Å². The molecule has 3 aromatic carbocycles. The van der Waals surface area contributed by atoms with E-state index in [2.05, 4.69) is 82.3 Å². The van der Waals surface area contributed by atoms with Crippen LogP contribution in [0.25, 0.3) is 5.69 Å². The Kier molecular flexibility index (Phi) is 8.74. The summed E-state index contributed by atoms with van der Waals surface area (Å²) in [5, 5.41) is 0. The fourth-order valence-corrected chi connectivity index (χ4v) is 2.90. The second kappa shape index (κ2) is 11.6. The first-order chi connectivity index (χ1) is 13.7. The van der Waals surface area contributed by atoms with Crippen molar-refractivity contribution in [1.82, 2.24) is 9.55 Å². The van der Waals surface area contributed by atoms with Gasteiger partial charge in [-0.3, -0.25) is 0 Å². The molecule has 0 unspecified atom stereocenters. The van der Waals surface area contributed by atoms with E-state index < -0.39 is 0 Å². The molecule has 0 aliphatic carbocycles. The van der Waals surface area contributed by atoms with Crippen LogP contribution in [0.4, 0.5) is 0 Å². The highest BCUT2D eigenvalue weighted by atomic mass is 15.1. The molecule has 0 saturated heterocycles. The average Bonchev–Trinajstić information content (AvgIpc) is 3.10. The first kappa shape index (κ1) is 21.2. The molecular formula is C26H30N2. The third-order valence-corrected chi connectivity index (χ3v) is 4.13. The molecule has 144 valence electrons. The summed E-state index contributed by atoms with van der Waals surface area (Å²) in [6, 6.07) is 31.3. The molecule has 0 amide bonds. The maximum Gasteiger partial charge on any atom is 0.110 e. The van der Waals surface area contributed by atoms with Gasteiger partial charge in [0.15, 0.2) is 0 Å². The number of benzene rings is 3. The maximum atomic E-state index is 4.35. The zero-order valence-corrected chi connectivity index (χ0v) is 17.3. The quantitative estimate of drug-likeness (QED) is 0.388. The minimum atomic E-state index is 1.03. The molecule has 0 radical (unpaired) electrons. The van der Waals surface area contributed by atoms with E-state index in [0.29, 0.717) is 0 Å². The Hall–Kier alpha value is -3.13. The molecule has 28 heavy (non-hydrogen) atoms. The normalized spacial score (nSPS) is 9.57. The second-order valence-corrected chi connectivity index (χ2v) is 6.28. The first-order valence-electron chi connectivity index (χ1n) is 9.88. The third kappa shape index (κ3) is 6.55. The molecule has 0 spiro atoms. The molecule has 1 heterocycles. The smallest absolute Gasteiger partial charge is 0.110 e. The van der Waals surface area contributed by atoms with Crippen molar-refractivity contribution in [3.8, 4) is 5.69 Å². The molecule has 0 bridgehead atoms. The summed E-state index contributed by atoms with van der Waals surface area (Å²) in [4.78, 5) is 4.35. The van der Waals surface area contributed by atoms with E-state index in [1.54, 1.807) is 0 Å². The van der Waals surface area contributed by atoms with Crippen LogP contribution in [0.3, 0.4) is 0 Å². The molecule has 0 atom stereocenters. The SMILES string of the molecule is CC.Cc1cn(-c2ccccc2)c(C)n1.c1ccc(Cc2ccccc2)cc1. The van der Waals surface area contributed by atoms with Crippen LogP contribution in [-0.2, 0) is 6.42 Å². The Bertz CT molecular complexity index is 873. The van der Waals surface area contributed by atoms with Gasteiger partial charge in [-0.15, -0.1) is 0 Å². The average molecular weight is 371 g/mol. The Morgan fingerprint density at radius 3 is 1.46 bits per heavy atom. The maximum absolute atomic E-state index is 4.35. The highest BCUT2D eigenvalue weighted by molar-refractivity contribution is 5.33. The van der Waals surface area contributed by atoms with Crippen molar-refractivity contribution in [2.45, 2.75) is 34.1 Å². The lowest BCUT2D eigenvalue weighted by molar-refractivity contribution is 0.974. The Balaban J connectivity index is 0.000000184. The van der Waals surface area contributed by atoms with Gasteiger partial charge >= 0.3 is 0 Å². The lowest BCUT2D eigenvalue weighted by atomic mass is 10.1. The van der Waals surface area contributed by atoms with Gasteiger partial charge in [0.05, 0.1) is 5.69 Å². The molecular weight excluding hydrogens is 340 g/mol. The lowest BCUT2D eigenvalue weighted by Gasteiger charge is -2.02. The fourth-order valence-electron chi connectivity index (χ4n) is 2.90. The van der Waals surface area contributed by atoms with Crippen LogP contribution in [0.5, 0.6) is 0 Å². The van der Waals surface area contributed by atoms with Gasteiger partial charge in [-0.05, 0) is 43.5 Å². The van der Waals surface area contributed by atoms with Crippen molar-refractivity contribution in [2.24, 2.45) is 0 Å². The summed E-state index contributed by atoms with van der Waals surface area (Å²) in [5.74, 6) is 1.03. The van der Waals surface area contributed by atoms with Crippen LogP contribution >= 0.6 is 0 Å². The highest BCUT2D eigenvalue weighted by Crippen LogP contribution is 2.11. The van der Waals surface area contributed by atoms with Crippen LogP contribution < -0.4 is 0 Å². The van der Waals surface area contributed by atoms with Gasteiger partial charge < -0.3 is 4.57 Å². The van der Waals surface area contributed by atoms with E-state index in [-0.39, 0.29) is 0 Å². The Morgan fingerprint density at radius 1 is 0.643 bits per heavy atom. The van der Waals surface area contributed by atoms with E-state index in [9.17, 15) is 0 Å². The van der Waals surface area contributed by atoms with Gasteiger partial charge in [0.1, 0.15) is 5.82 Å². The van der Waals surface area contributed by atoms with Crippen molar-refractivity contribution in [2.75, 3.05) is 0 Å². The van der Waals surface area contributed by atoms with Crippen LogP contribution in [0.2, 0.25) is 0 Å². The molecule has 2 heteroatoms. The number of hydrogen-bond donors (Lipinski definition) is 0. The number of aromatic nitrogens is 2. The number of hydrogen-bond acceptors (Lipinski definition) is 1. The molecule has 0 aliphatic rings. The van der Waals surface area contributed by atoms with Crippen molar-refractivity contribution in [3.63, 3.8) is 0 Å². The number of nitrogens with zero attached hydrogens (tertiary/aromatic N) is 2. The van der Waals surface area contributed by atoms with Crippen LogP contribution in [0.1, 0.15) is 36.5 Å².